The van der Waals surface area contributed by atoms with Crippen LogP contribution < -0.4 is 0 Å². The normalized spacial score (nSPS) is 14.6. The molecular weight excluding hydrogens is 630 g/mol. The summed E-state index contributed by atoms with van der Waals surface area (Å²) in [5.74, 6) is 13.4. The zero-order valence-electron chi connectivity index (χ0n) is 39.3. The largest absolute Gasteiger partial charge is 0.262 e. The molecule has 300 valence electrons. The van der Waals surface area contributed by atoms with Crippen molar-refractivity contribution in [3.05, 3.63) is 0 Å². The molecule has 0 aromatic heterocycles. The number of hydrogen-bond acceptors (Lipinski definition) is 0. The minimum absolute atomic E-state index is 0.671. The van der Waals surface area contributed by atoms with Gasteiger partial charge in [0.2, 0.25) is 0 Å². The van der Waals surface area contributed by atoms with E-state index < -0.39 is 28.3 Å². The molecule has 3 atom stereocenters. The van der Waals surface area contributed by atoms with Gasteiger partial charge in [-0.1, -0.05) is 233 Å². The van der Waals surface area contributed by atoms with Crippen LogP contribution in [0.3, 0.4) is 0 Å². The van der Waals surface area contributed by atoms with Crippen molar-refractivity contribution in [2.75, 3.05) is 0 Å². The topological polar surface area (TPSA) is 0 Å². The van der Waals surface area contributed by atoms with Crippen LogP contribution in [0.15, 0.2) is 0 Å². The Morgan fingerprint density at radius 1 is 0.260 bits per heavy atom. The first-order chi connectivity index (χ1) is 23.1. The van der Waals surface area contributed by atoms with E-state index in [-0.39, 0.29) is 0 Å². The molecule has 0 spiro atoms. The lowest BCUT2D eigenvalue weighted by Crippen LogP contribution is -2.32. The first-order valence-electron chi connectivity index (χ1n) is 23.1. The molecule has 0 radical (unpaired) electrons. The Hall–Kier alpha value is 1.06. The zero-order chi connectivity index (χ0) is 39.3. The molecule has 0 saturated heterocycles. The molecule has 0 nitrogen and oxygen atoms in total. The van der Waals surface area contributed by atoms with Gasteiger partial charge in [-0.25, -0.2) is 0 Å². The third-order valence-electron chi connectivity index (χ3n) is 13.7. The molecule has 0 N–H and O–H groups in total. The van der Waals surface area contributed by atoms with Gasteiger partial charge in [-0.2, -0.15) is 0 Å². The predicted molar refractivity (Wildman–Crippen MR) is 240 cm³/mol. The van der Waals surface area contributed by atoms with Gasteiger partial charge < -0.3 is 0 Å². The van der Waals surface area contributed by atoms with Gasteiger partial charge in [0.25, 0.3) is 28.3 Å². The molecule has 0 aliphatic heterocycles. The highest BCUT2D eigenvalue weighted by Gasteiger charge is 2.34. The molecule has 0 amide bonds. The van der Waals surface area contributed by atoms with Gasteiger partial charge in [0, 0.05) is 0 Å². The Bertz CT molecular complexity index is 623. The molecule has 3 unspecified atom stereocenters. The van der Waals surface area contributed by atoms with Gasteiger partial charge in [-0.15, -0.1) is 0 Å². The molecule has 50 heavy (non-hydrogen) atoms. The van der Waals surface area contributed by atoms with Gasteiger partial charge in [-0.05, 0) is 71.0 Å². The Balaban J connectivity index is 0. The Morgan fingerprint density at radius 2 is 0.440 bits per heavy atom. The Morgan fingerprint density at radius 3 is 0.580 bits per heavy atom. The van der Waals surface area contributed by atoms with Gasteiger partial charge >= 0.3 is 0 Å². The molecule has 0 aliphatic rings. The molecular formula is C48H102Al2. The van der Waals surface area contributed by atoms with E-state index in [4.69, 9.17) is 0 Å². The van der Waals surface area contributed by atoms with Gasteiger partial charge in [-0.3, -0.25) is 0 Å². The fourth-order valence-corrected chi connectivity index (χ4v) is 21.9. The first kappa shape index (κ1) is 53.2. The van der Waals surface area contributed by atoms with Crippen molar-refractivity contribution in [3.63, 3.8) is 0 Å². The summed E-state index contributed by atoms with van der Waals surface area (Å²) in [6, 6.07) is 0. The van der Waals surface area contributed by atoms with E-state index in [9.17, 15) is 0 Å². The SMILES string of the molecule is CC(C)C([CH2][Al]([CH2]C(C(C)C)C(C)C)[CH2]C(C(C)C)C(C)C)C(C)C.CCCC([CH2][Al]([CH2]C(CCC)C(C)C)[CH2]C(CCC)C(C)C)C(C)C. The van der Waals surface area contributed by atoms with Crippen LogP contribution in [0.2, 0.25) is 31.7 Å². The summed E-state index contributed by atoms with van der Waals surface area (Å²) in [6.45, 7) is 51.5. The Labute approximate surface area is 330 Å². The van der Waals surface area contributed by atoms with Crippen molar-refractivity contribution in [1.82, 2.24) is 0 Å². The minimum Gasteiger partial charge on any atom is -0.0908 e. The van der Waals surface area contributed by atoms with Crippen LogP contribution in [0.5, 0.6) is 0 Å². The van der Waals surface area contributed by atoms with Crippen molar-refractivity contribution < 1.29 is 0 Å². The summed E-state index contributed by atoms with van der Waals surface area (Å²) in [4.78, 5) is 0. The Kier molecular flexibility index (Phi) is 31.2. The highest BCUT2D eigenvalue weighted by molar-refractivity contribution is 6.59. The first-order valence-corrected chi connectivity index (χ1v) is 28.0. The highest BCUT2D eigenvalue weighted by atomic mass is 27.2. The average Bonchev–Trinajstić information content (AvgIpc) is 2.98. The van der Waals surface area contributed by atoms with Gasteiger partial charge in [0.15, 0.2) is 0 Å². The minimum atomic E-state index is -0.744. The van der Waals surface area contributed by atoms with E-state index in [0.29, 0.717) is 0 Å². The second-order valence-electron chi connectivity index (χ2n) is 21.0. The molecule has 0 aromatic rings. The van der Waals surface area contributed by atoms with E-state index >= 15 is 0 Å². The third-order valence-corrected chi connectivity index (χ3v) is 21.1. The maximum absolute atomic E-state index is 2.48. The number of hydrogen-bond donors (Lipinski definition) is 0. The second-order valence-corrected chi connectivity index (χ2v) is 27.3. The lowest BCUT2D eigenvalue weighted by atomic mass is 9.86. The predicted octanol–water partition coefficient (Wildman–Crippen LogP) is 17.0. The van der Waals surface area contributed by atoms with Crippen LogP contribution >= 0.6 is 0 Å². The summed E-state index contributed by atoms with van der Waals surface area (Å²) in [5.41, 5.74) is 0. The highest BCUT2D eigenvalue weighted by Crippen LogP contribution is 2.38. The van der Waals surface area contributed by atoms with Crippen LogP contribution in [-0.4, -0.2) is 28.3 Å². The third kappa shape index (κ3) is 23.1. The lowest BCUT2D eigenvalue weighted by molar-refractivity contribution is 0.288. The fraction of sp³-hybridized carbons (Fsp3) is 1.00. The van der Waals surface area contributed by atoms with Crippen LogP contribution in [0.25, 0.3) is 0 Å². The maximum Gasteiger partial charge on any atom is 0.262 e. The molecule has 0 aliphatic carbocycles. The fourth-order valence-electron chi connectivity index (χ4n) is 10.2. The average molecular weight is 733 g/mol. The van der Waals surface area contributed by atoms with Crippen LogP contribution in [0.1, 0.15) is 184 Å². The molecule has 0 bridgehead atoms. The van der Waals surface area contributed by atoms with Crippen molar-refractivity contribution in [1.29, 1.82) is 0 Å². The van der Waals surface area contributed by atoms with Gasteiger partial charge in [0.05, 0.1) is 0 Å². The monoisotopic (exact) mass is 733 g/mol. The summed E-state index contributed by atoms with van der Waals surface area (Å²) in [5, 5.41) is 9.56. The molecule has 0 rings (SSSR count). The van der Waals surface area contributed by atoms with Gasteiger partial charge in [0.1, 0.15) is 0 Å². The zero-order valence-corrected chi connectivity index (χ0v) is 41.6. The van der Waals surface area contributed by atoms with E-state index in [2.05, 4.69) is 145 Å². The lowest BCUT2D eigenvalue weighted by Gasteiger charge is -2.35. The summed E-state index contributed by atoms with van der Waals surface area (Å²) in [6.07, 6.45) is 8.49. The van der Waals surface area contributed by atoms with Crippen molar-refractivity contribution >= 4 is 28.3 Å². The van der Waals surface area contributed by atoms with Crippen LogP contribution in [-0.2, 0) is 0 Å². The van der Waals surface area contributed by atoms with E-state index in [0.717, 1.165) is 88.8 Å². The molecule has 2 heteroatoms. The smallest absolute Gasteiger partial charge is 0.0908 e. The van der Waals surface area contributed by atoms with E-state index in [1.165, 1.54) is 38.5 Å². The standard InChI is InChI=1S/6C8H17.2Al/c3*1-6(2)8(5)7(3)4;3*1-5-6-8(4)7(2)3;;/h3*6-8H,5H2,1-4H3;3*7-8H,4-6H2,1-3H3;;. The van der Waals surface area contributed by atoms with E-state index in [1.54, 1.807) is 31.7 Å². The van der Waals surface area contributed by atoms with E-state index in [1.807, 2.05) is 0 Å². The van der Waals surface area contributed by atoms with Crippen molar-refractivity contribution in [2.24, 2.45) is 88.8 Å². The second kappa shape index (κ2) is 29.4. The molecule has 0 saturated carbocycles. The van der Waals surface area contributed by atoms with Crippen molar-refractivity contribution in [2.45, 2.75) is 216 Å². The molecule has 0 heterocycles. The summed E-state index contributed by atoms with van der Waals surface area (Å²) >= 11 is -1.41. The quantitative estimate of drug-likeness (QED) is 0.0738. The summed E-state index contributed by atoms with van der Waals surface area (Å²) < 4.78 is 0. The number of rotatable bonds is 27. The summed E-state index contributed by atoms with van der Waals surface area (Å²) in [7, 11) is 0. The van der Waals surface area contributed by atoms with Crippen LogP contribution in [0.4, 0.5) is 0 Å². The molecule has 0 fully saturated rings. The molecule has 0 aromatic carbocycles. The van der Waals surface area contributed by atoms with Crippen molar-refractivity contribution in [3.8, 4) is 0 Å². The van der Waals surface area contributed by atoms with Crippen LogP contribution in [0, 0.1) is 88.8 Å². The maximum atomic E-state index is 2.48.